The van der Waals surface area contributed by atoms with Gasteiger partial charge >= 0.3 is 5.97 Å². The van der Waals surface area contributed by atoms with E-state index in [1.54, 1.807) is 0 Å². The van der Waals surface area contributed by atoms with Crippen LogP contribution < -0.4 is 5.73 Å². The maximum atomic E-state index is 11.0. The van der Waals surface area contributed by atoms with Gasteiger partial charge in [-0.05, 0) is 37.0 Å². The Kier molecular flexibility index (Phi) is 4.50. The molecule has 0 saturated heterocycles. The summed E-state index contributed by atoms with van der Waals surface area (Å²) in [6, 6.07) is 6.06. The maximum absolute atomic E-state index is 11.0. The molecule has 0 amide bonds. The van der Waals surface area contributed by atoms with Crippen LogP contribution in [0.2, 0.25) is 0 Å². The van der Waals surface area contributed by atoms with Gasteiger partial charge in [0.15, 0.2) is 0 Å². The van der Waals surface area contributed by atoms with Gasteiger partial charge in [0.25, 0.3) is 0 Å². The van der Waals surface area contributed by atoms with Crippen molar-refractivity contribution in [1.29, 1.82) is 0 Å². The van der Waals surface area contributed by atoms with Gasteiger partial charge in [-0.15, -0.1) is 0 Å². The quantitative estimate of drug-likeness (QED) is 0.793. The number of ether oxygens (including phenoxy) is 1. The second-order valence-corrected chi connectivity index (χ2v) is 4.06. The van der Waals surface area contributed by atoms with Crippen molar-refractivity contribution < 1.29 is 9.53 Å². The zero-order valence-corrected chi connectivity index (χ0v) is 10.1. The molecule has 0 spiro atoms. The highest BCUT2D eigenvalue weighted by Gasteiger charge is 2.09. The highest BCUT2D eigenvalue weighted by molar-refractivity contribution is 5.69. The van der Waals surface area contributed by atoms with E-state index in [4.69, 9.17) is 5.73 Å². The van der Waals surface area contributed by atoms with Crippen molar-refractivity contribution in [3.8, 4) is 0 Å². The Morgan fingerprint density at radius 2 is 2.06 bits per heavy atom. The van der Waals surface area contributed by atoms with Gasteiger partial charge in [-0.1, -0.05) is 18.2 Å². The Balaban J connectivity index is 2.62. The van der Waals surface area contributed by atoms with Gasteiger partial charge in [-0.3, -0.25) is 4.79 Å². The number of carbonyl (C=O) groups excluding carboxylic acids is 1. The SMILES string of the molecule is COC(=O)CCC(N)c1ccc(C)c(C)c1. The first-order chi connectivity index (χ1) is 7.54. The minimum absolute atomic E-state index is 0.0987. The molecular formula is C13H19NO2. The predicted octanol–water partition coefficient (Wildman–Crippen LogP) is 2.26. The Morgan fingerprint density at radius 1 is 1.38 bits per heavy atom. The highest BCUT2D eigenvalue weighted by Crippen LogP contribution is 2.19. The monoisotopic (exact) mass is 221 g/mol. The molecule has 16 heavy (non-hydrogen) atoms. The summed E-state index contributed by atoms with van der Waals surface area (Å²) in [6.07, 6.45) is 0.986. The summed E-state index contributed by atoms with van der Waals surface area (Å²) in [5.41, 5.74) is 9.57. The molecular weight excluding hydrogens is 202 g/mol. The van der Waals surface area contributed by atoms with Gasteiger partial charge in [0.1, 0.15) is 0 Å². The Labute approximate surface area is 96.6 Å². The van der Waals surface area contributed by atoms with Crippen molar-refractivity contribution in [3.05, 3.63) is 34.9 Å². The van der Waals surface area contributed by atoms with Crippen molar-refractivity contribution in [2.45, 2.75) is 32.7 Å². The molecule has 0 heterocycles. The summed E-state index contributed by atoms with van der Waals surface area (Å²) in [5, 5.41) is 0. The van der Waals surface area contributed by atoms with Crippen molar-refractivity contribution >= 4 is 5.97 Å². The first kappa shape index (κ1) is 12.7. The molecule has 0 aromatic heterocycles. The van der Waals surface area contributed by atoms with Gasteiger partial charge in [-0.2, -0.15) is 0 Å². The molecule has 1 aromatic carbocycles. The molecule has 0 aliphatic carbocycles. The molecule has 1 atom stereocenters. The van der Waals surface area contributed by atoms with E-state index in [2.05, 4.69) is 30.7 Å². The zero-order valence-electron chi connectivity index (χ0n) is 10.1. The average Bonchev–Trinajstić information content (AvgIpc) is 2.29. The van der Waals surface area contributed by atoms with Crippen molar-refractivity contribution in [3.63, 3.8) is 0 Å². The van der Waals surface area contributed by atoms with E-state index in [9.17, 15) is 4.79 Å². The predicted molar refractivity (Wildman–Crippen MR) is 64.1 cm³/mol. The Morgan fingerprint density at radius 3 is 2.62 bits per heavy atom. The van der Waals surface area contributed by atoms with Crippen LogP contribution in [-0.4, -0.2) is 13.1 Å². The summed E-state index contributed by atoms with van der Waals surface area (Å²) < 4.78 is 4.58. The average molecular weight is 221 g/mol. The van der Waals surface area contributed by atoms with Gasteiger partial charge in [0.2, 0.25) is 0 Å². The lowest BCUT2D eigenvalue weighted by Crippen LogP contribution is -2.13. The topological polar surface area (TPSA) is 52.3 Å². The van der Waals surface area contributed by atoms with E-state index in [0.29, 0.717) is 12.8 Å². The van der Waals surface area contributed by atoms with Crippen LogP contribution in [-0.2, 0) is 9.53 Å². The number of carbonyl (C=O) groups is 1. The van der Waals surface area contributed by atoms with Crippen LogP contribution in [0.25, 0.3) is 0 Å². The van der Waals surface area contributed by atoms with E-state index < -0.39 is 0 Å². The Hall–Kier alpha value is -1.35. The molecule has 0 radical (unpaired) electrons. The van der Waals surface area contributed by atoms with Crippen molar-refractivity contribution in [1.82, 2.24) is 0 Å². The molecule has 3 heteroatoms. The fourth-order valence-electron chi connectivity index (χ4n) is 1.54. The minimum atomic E-state index is -0.209. The highest BCUT2D eigenvalue weighted by atomic mass is 16.5. The number of rotatable bonds is 4. The van der Waals surface area contributed by atoms with Gasteiger partial charge in [-0.25, -0.2) is 0 Å². The summed E-state index contributed by atoms with van der Waals surface area (Å²) >= 11 is 0. The Bertz CT molecular complexity index is 374. The lowest BCUT2D eigenvalue weighted by Gasteiger charge is -2.12. The molecule has 0 aliphatic heterocycles. The summed E-state index contributed by atoms with van der Waals surface area (Å²) in [5.74, 6) is -0.209. The van der Waals surface area contributed by atoms with Crippen LogP contribution in [0.4, 0.5) is 0 Å². The molecule has 88 valence electrons. The molecule has 0 fully saturated rings. The lowest BCUT2D eigenvalue weighted by molar-refractivity contribution is -0.140. The number of hydrogen-bond acceptors (Lipinski definition) is 3. The van der Waals surface area contributed by atoms with E-state index in [1.807, 2.05) is 6.07 Å². The molecule has 0 aliphatic rings. The summed E-state index contributed by atoms with van der Waals surface area (Å²) in [7, 11) is 1.39. The van der Waals surface area contributed by atoms with Gasteiger partial charge < -0.3 is 10.5 Å². The van der Waals surface area contributed by atoms with E-state index in [0.717, 1.165) is 5.56 Å². The molecule has 0 bridgehead atoms. The molecule has 3 nitrogen and oxygen atoms in total. The smallest absolute Gasteiger partial charge is 0.305 e. The van der Waals surface area contributed by atoms with Gasteiger partial charge in [0.05, 0.1) is 7.11 Å². The van der Waals surface area contributed by atoms with E-state index in [-0.39, 0.29) is 12.0 Å². The van der Waals surface area contributed by atoms with E-state index >= 15 is 0 Å². The standard InChI is InChI=1S/C13H19NO2/c1-9-4-5-11(8-10(9)2)12(14)6-7-13(15)16-3/h4-5,8,12H,6-7,14H2,1-3H3. The maximum Gasteiger partial charge on any atom is 0.305 e. The van der Waals surface area contributed by atoms with Crippen LogP contribution in [0.15, 0.2) is 18.2 Å². The first-order valence-corrected chi connectivity index (χ1v) is 5.44. The second kappa shape index (κ2) is 5.66. The number of methoxy groups -OCH3 is 1. The molecule has 1 rings (SSSR count). The molecule has 1 aromatic rings. The molecule has 2 N–H and O–H groups in total. The van der Waals surface area contributed by atoms with Crippen molar-refractivity contribution in [2.24, 2.45) is 5.73 Å². The third-order valence-electron chi connectivity index (χ3n) is 2.85. The first-order valence-electron chi connectivity index (χ1n) is 5.44. The number of hydrogen-bond donors (Lipinski definition) is 1. The van der Waals surface area contributed by atoms with Crippen LogP contribution in [0.1, 0.15) is 35.6 Å². The van der Waals surface area contributed by atoms with Crippen LogP contribution >= 0.6 is 0 Å². The van der Waals surface area contributed by atoms with Gasteiger partial charge in [0, 0.05) is 12.5 Å². The number of aryl methyl sites for hydroxylation is 2. The third kappa shape index (κ3) is 3.35. The van der Waals surface area contributed by atoms with Crippen LogP contribution in [0.5, 0.6) is 0 Å². The normalized spacial score (nSPS) is 12.2. The van der Waals surface area contributed by atoms with Crippen LogP contribution in [0.3, 0.4) is 0 Å². The summed E-state index contributed by atoms with van der Waals surface area (Å²) in [6.45, 7) is 4.13. The second-order valence-electron chi connectivity index (χ2n) is 4.06. The fourth-order valence-corrected chi connectivity index (χ4v) is 1.54. The molecule has 1 unspecified atom stereocenters. The number of benzene rings is 1. The fraction of sp³-hybridized carbons (Fsp3) is 0.462. The van der Waals surface area contributed by atoms with Crippen LogP contribution in [0, 0.1) is 13.8 Å². The third-order valence-corrected chi connectivity index (χ3v) is 2.85. The lowest BCUT2D eigenvalue weighted by atomic mass is 9.99. The summed E-state index contributed by atoms with van der Waals surface area (Å²) in [4.78, 5) is 11.0. The minimum Gasteiger partial charge on any atom is -0.469 e. The van der Waals surface area contributed by atoms with Crippen molar-refractivity contribution in [2.75, 3.05) is 7.11 Å². The number of nitrogens with two attached hydrogens (primary N) is 1. The zero-order chi connectivity index (χ0) is 12.1. The largest absolute Gasteiger partial charge is 0.469 e. The van der Waals surface area contributed by atoms with E-state index in [1.165, 1.54) is 18.2 Å². The number of esters is 1. The molecule has 0 saturated carbocycles.